The maximum absolute atomic E-state index is 8.84. The van der Waals surface area contributed by atoms with Crippen LogP contribution in [0.25, 0.3) is 0 Å². The summed E-state index contributed by atoms with van der Waals surface area (Å²) in [7, 11) is 0. The third kappa shape index (κ3) is 6.01. The zero-order valence-corrected chi connectivity index (χ0v) is 6.51. The highest BCUT2D eigenvalue weighted by molar-refractivity contribution is 4.56. The van der Waals surface area contributed by atoms with Crippen molar-refractivity contribution in [2.24, 2.45) is 0 Å². The lowest BCUT2D eigenvalue weighted by Gasteiger charge is -2.07. The van der Waals surface area contributed by atoms with Crippen molar-refractivity contribution in [3.8, 4) is 0 Å². The molecular weight excluding hydrogens is 130 g/mol. The van der Waals surface area contributed by atoms with Crippen LogP contribution in [-0.2, 0) is 0 Å². The molecule has 0 saturated heterocycles. The van der Waals surface area contributed by atoms with Crippen LogP contribution in [-0.4, -0.2) is 36.0 Å². The molecule has 0 aromatic carbocycles. The van der Waals surface area contributed by atoms with Gasteiger partial charge in [-0.1, -0.05) is 13.3 Å². The monoisotopic (exact) mass is 147 g/mol. The van der Waals surface area contributed by atoms with Gasteiger partial charge in [0.2, 0.25) is 0 Å². The summed E-state index contributed by atoms with van der Waals surface area (Å²) < 4.78 is 0. The largest absolute Gasteiger partial charge is 0.394 e. The van der Waals surface area contributed by atoms with Crippen molar-refractivity contribution in [2.75, 3.05) is 19.7 Å². The molecule has 3 N–H and O–H groups in total. The van der Waals surface area contributed by atoms with Crippen molar-refractivity contribution in [3.05, 3.63) is 0 Å². The first-order valence-electron chi connectivity index (χ1n) is 3.81. The van der Waals surface area contributed by atoms with E-state index in [1.165, 1.54) is 0 Å². The lowest BCUT2D eigenvalue weighted by Crippen LogP contribution is -2.29. The normalized spacial score (nSPS) is 13.5. The van der Waals surface area contributed by atoms with Crippen molar-refractivity contribution in [1.82, 2.24) is 5.32 Å². The molecule has 0 amide bonds. The molecule has 1 unspecified atom stereocenters. The molecule has 1 atom stereocenters. The number of rotatable bonds is 6. The van der Waals surface area contributed by atoms with E-state index in [-0.39, 0.29) is 6.61 Å². The molecular formula is C7H17NO2. The summed E-state index contributed by atoms with van der Waals surface area (Å²) >= 11 is 0. The summed E-state index contributed by atoms with van der Waals surface area (Å²) in [5.41, 5.74) is 0. The van der Waals surface area contributed by atoms with E-state index in [0.717, 1.165) is 19.4 Å². The van der Waals surface area contributed by atoms with Crippen molar-refractivity contribution >= 4 is 0 Å². The molecule has 0 radical (unpaired) electrons. The van der Waals surface area contributed by atoms with Gasteiger partial charge in [0.25, 0.3) is 0 Å². The Morgan fingerprint density at radius 1 is 1.50 bits per heavy atom. The van der Waals surface area contributed by atoms with Gasteiger partial charge in [0.1, 0.15) is 0 Å². The maximum atomic E-state index is 8.84. The standard InChI is InChI=1S/C7H17NO2/c1-2-3-4-8-5-7(10)6-9/h7-10H,2-6H2,1H3. The first-order valence-corrected chi connectivity index (χ1v) is 3.81. The summed E-state index contributed by atoms with van der Waals surface area (Å²) in [5, 5.41) is 20.3. The second-order valence-electron chi connectivity index (χ2n) is 2.39. The molecule has 0 aliphatic carbocycles. The number of hydrogen-bond donors (Lipinski definition) is 3. The van der Waals surface area contributed by atoms with Crippen LogP contribution in [0.2, 0.25) is 0 Å². The van der Waals surface area contributed by atoms with Gasteiger partial charge in [-0.05, 0) is 13.0 Å². The molecule has 0 rings (SSSR count). The van der Waals surface area contributed by atoms with E-state index < -0.39 is 6.10 Å². The molecule has 0 bridgehead atoms. The fourth-order valence-electron chi connectivity index (χ4n) is 0.635. The molecule has 0 aromatic rings. The lowest BCUT2D eigenvalue weighted by atomic mass is 10.3. The van der Waals surface area contributed by atoms with Crippen LogP contribution in [0.1, 0.15) is 19.8 Å². The SMILES string of the molecule is CCCCNCC(O)CO. The van der Waals surface area contributed by atoms with Crippen LogP contribution in [0.15, 0.2) is 0 Å². The molecule has 0 saturated carbocycles. The Morgan fingerprint density at radius 2 is 2.20 bits per heavy atom. The number of hydrogen-bond acceptors (Lipinski definition) is 3. The molecule has 0 aromatic heterocycles. The van der Waals surface area contributed by atoms with Gasteiger partial charge in [0.05, 0.1) is 12.7 Å². The van der Waals surface area contributed by atoms with Gasteiger partial charge < -0.3 is 15.5 Å². The quantitative estimate of drug-likeness (QED) is 0.453. The smallest absolute Gasteiger partial charge is 0.0894 e. The fraction of sp³-hybridized carbons (Fsp3) is 1.00. The van der Waals surface area contributed by atoms with E-state index in [2.05, 4.69) is 12.2 Å². The highest BCUT2D eigenvalue weighted by atomic mass is 16.3. The third-order valence-electron chi connectivity index (χ3n) is 1.30. The van der Waals surface area contributed by atoms with Gasteiger partial charge in [-0.3, -0.25) is 0 Å². The van der Waals surface area contributed by atoms with Crippen LogP contribution in [0, 0.1) is 0 Å². The molecule has 3 heteroatoms. The number of nitrogens with one attached hydrogen (secondary N) is 1. The van der Waals surface area contributed by atoms with E-state index in [4.69, 9.17) is 10.2 Å². The van der Waals surface area contributed by atoms with Gasteiger partial charge in [-0.25, -0.2) is 0 Å². The van der Waals surface area contributed by atoms with Crippen LogP contribution in [0.4, 0.5) is 0 Å². The Morgan fingerprint density at radius 3 is 2.70 bits per heavy atom. The van der Waals surface area contributed by atoms with E-state index in [1.807, 2.05) is 0 Å². The molecule has 0 fully saturated rings. The van der Waals surface area contributed by atoms with E-state index in [9.17, 15) is 0 Å². The topological polar surface area (TPSA) is 52.5 Å². The number of unbranched alkanes of at least 4 members (excludes halogenated alkanes) is 1. The van der Waals surface area contributed by atoms with Crippen LogP contribution < -0.4 is 5.32 Å². The van der Waals surface area contributed by atoms with Crippen molar-refractivity contribution < 1.29 is 10.2 Å². The van der Waals surface area contributed by atoms with Gasteiger partial charge >= 0.3 is 0 Å². The molecule has 3 nitrogen and oxygen atoms in total. The van der Waals surface area contributed by atoms with E-state index in [1.54, 1.807) is 0 Å². The Kier molecular flexibility index (Phi) is 6.91. The Hall–Kier alpha value is -0.120. The summed E-state index contributed by atoms with van der Waals surface area (Å²) in [6.07, 6.45) is 1.68. The zero-order valence-electron chi connectivity index (χ0n) is 6.51. The Bertz CT molecular complexity index is 68.6. The predicted octanol–water partition coefficient (Wildman–Crippen LogP) is -0.271. The molecule has 10 heavy (non-hydrogen) atoms. The summed E-state index contributed by atoms with van der Waals surface area (Å²) in [6.45, 7) is 3.38. The highest BCUT2D eigenvalue weighted by Crippen LogP contribution is 1.83. The average molecular weight is 147 g/mol. The second-order valence-corrected chi connectivity index (χ2v) is 2.39. The second kappa shape index (κ2) is 6.99. The maximum Gasteiger partial charge on any atom is 0.0894 e. The predicted molar refractivity (Wildman–Crippen MR) is 40.9 cm³/mol. The summed E-state index contributed by atoms with van der Waals surface area (Å²) in [5.74, 6) is 0. The van der Waals surface area contributed by atoms with E-state index in [0.29, 0.717) is 6.54 Å². The van der Waals surface area contributed by atoms with Gasteiger partial charge in [-0.15, -0.1) is 0 Å². The van der Waals surface area contributed by atoms with Crippen molar-refractivity contribution in [2.45, 2.75) is 25.9 Å². The first kappa shape index (κ1) is 9.88. The van der Waals surface area contributed by atoms with Crippen LogP contribution in [0.5, 0.6) is 0 Å². The van der Waals surface area contributed by atoms with Gasteiger partial charge in [0, 0.05) is 6.54 Å². The zero-order chi connectivity index (χ0) is 7.82. The third-order valence-corrected chi connectivity index (χ3v) is 1.30. The van der Waals surface area contributed by atoms with Crippen molar-refractivity contribution in [3.63, 3.8) is 0 Å². The Balaban J connectivity index is 2.89. The molecule has 0 aliphatic heterocycles. The molecule has 0 spiro atoms. The van der Waals surface area contributed by atoms with Crippen molar-refractivity contribution in [1.29, 1.82) is 0 Å². The summed E-state index contributed by atoms with van der Waals surface area (Å²) in [4.78, 5) is 0. The highest BCUT2D eigenvalue weighted by Gasteiger charge is 1.98. The lowest BCUT2D eigenvalue weighted by molar-refractivity contribution is 0.0945. The molecule has 0 heterocycles. The van der Waals surface area contributed by atoms with Gasteiger partial charge in [-0.2, -0.15) is 0 Å². The summed E-state index contributed by atoms with van der Waals surface area (Å²) in [6, 6.07) is 0. The molecule has 62 valence electrons. The minimum Gasteiger partial charge on any atom is -0.394 e. The average Bonchev–Trinajstić information content (AvgIpc) is 1.98. The first-order chi connectivity index (χ1) is 4.81. The van der Waals surface area contributed by atoms with Crippen LogP contribution in [0.3, 0.4) is 0 Å². The minimum atomic E-state index is -0.600. The number of aliphatic hydroxyl groups excluding tert-OH is 2. The minimum absolute atomic E-state index is 0.154. The van der Waals surface area contributed by atoms with Gasteiger partial charge in [0.15, 0.2) is 0 Å². The Labute approximate surface area is 62.1 Å². The van der Waals surface area contributed by atoms with Crippen LogP contribution >= 0.6 is 0 Å². The van der Waals surface area contributed by atoms with E-state index >= 15 is 0 Å². The fourth-order valence-corrected chi connectivity index (χ4v) is 0.635. The molecule has 0 aliphatic rings. The number of aliphatic hydroxyl groups is 2.